The van der Waals surface area contributed by atoms with Gasteiger partial charge in [0.05, 0.1) is 32.1 Å². The Morgan fingerprint density at radius 1 is 1.12 bits per heavy atom. The third-order valence-electron chi connectivity index (χ3n) is 5.10. The van der Waals surface area contributed by atoms with Crippen LogP contribution in [-0.4, -0.2) is 42.5 Å². The highest BCUT2D eigenvalue weighted by atomic mass is 35.5. The molecule has 0 aliphatic rings. The first-order chi connectivity index (χ1) is 16.4. The lowest BCUT2D eigenvalue weighted by molar-refractivity contribution is -0.119. The number of nitrogens with zero attached hydrogens (tertiary/aromatic N) is 2. The van der Waals surface area contributed by atoms with Gasteiger partial charge in [0, 0.05) is 16.5 Å². The number of methoxy groups -OCH3 is 2. The normalized spacial score (nSPS) is 10.8. The molecule has 0 unspecified atom stereocenters. The van der Waals surface area contributed by atoms with Crippen molar-refractivity contribution < 1.29 is 23.8 Å². The number of thiophene rings is 1. The Kier molecular flexibility index (Phi) is 7.04. The SMILES string of the molecule is COc1ccc(OC)c(NC(=O)COC(=O)c2cc3c(C)nn(Cc4ccccc4Cl)c3s2)c1. The second-order valence-electron chi connectivity index (χ2n) is 7.35. The molecule has 4 aromatic rings. The minimum absolute atomic E-state index is 0.384. The predicted molar refractivity (Wildman–Crippen MR) is 131 cm³/mol. The van der Waals surface area contributed by atoms with E-state index in [1.807, 2.05) is 35.9 Å². The Morgan fingerprint density at radius 2 is 1.91 bits per heavy atom. The second kappa shape index (κ2) is 10.1. The van der Waals surface area contributed by atoms with E-state index in [2.05, 4.69) is 10.4 Å². The van der Waals surface area contributed by atoms with E-state index in [9.17, 15) is 9.59 Å². The first-order valence-corrected chi connectivity index (χ1v) is 11.5. The number of ether oxygens (including phenoxy) is 3. The lowest BCUT2D eigenvalue weighted by Crippen LogP contribution is -2.21. The third-order valence-corrected chi connectivity index (χ3v) is 6.60. The van der Waals surface area contributed by atoms with Crippen molar-refractivity contribution in [1.82, 2.24) is 9.78 Å². The standard InChI is InChI=1S/C24H22ClN3O5S/c1-14-17-11-21(34-23(17)28(27-14)12-15-6-4-5-7-18(15)25)24(30)33-13-22(29)26-19-10-16(31-2)8-9-20(19)32-3/h4-11H,12-13H2,1-3H3,(H,26,29). The number of halogens is 1. The van der Waals surface area contributed by atoms with E-state index in [1.54, 1.807) is 24.3 Å². The molecular weight excluding hydrogens is 478 g/mol. The molecule has 0 fully saturated rings. The average molecular weight is 500 g/mol. The van der Waals surface area contributed by atoms with Crippen molar-refractivity contribution in [3.8, 4) is 11.5 Å². The summed E-state index contributed by atoms with van der Waals surface area (Å²) in [4.78, 5) is 26.2. The van der Waals surface area contributed by atoms with Gasteiger partial charge in [-0.3, -0.25) is 9.48 Å². The number of esters is 1. The summed E-state index contributed by atoms with van der Waals surface area (Å²) in [5.41, 5.74) is 2.14. The van der Waals surface area contributed by atoms with Crippen molar-refractivity contribution in [2.24, 2.45) is 0 Å². The van der Waals surface area contributed by atoms with Crippen molar-refractivity contribution in [1.29, 1.82) is 0 Å². The number of nitrogens with one attached hydrogen (secondary N) is 1. The van der Waals surface area contributed by atoms with Gasteiger partial charge in [0.1, 0.15) is 21.2 Å². The van der Waals surface area contributed by atoms with Gasteiger partial charge in [-0.15, -0.1) is 11.3 Å². The second-order valence-corrected chi connectivity index (χ2v) is 8.79. The van der Waals surface area contributed by atoms with Crippen LogP contribution < -0.4 is 14.8 Å². The predicted octanol–water partition coefficient (Wildman–Crippen LogP) is 4.92. The topological polar surface area (TPSA) is 91.7 Å². The first kappa shape index (κ1) is 23.6. The maximum absolute atomic E-state index is 12.6. The summed E-state index contributed by atoms with van der Waals surface area (Å²) in [5, 5.41) is 8.75. The molecule has 2 aromatic heterocycles. The Hall–Kier alpha value is -3.56. The number of benzene rings is 2. The van der Waals surface area contributed by atoms with Crippen LogP contribution in [0, 0.1) is 6.92 Å². The highest BCUT2D eigenvalue weighted by Crippen LogP contribution is 2.31. The minimum Gasteiger partial charge on any atom is -0.497 e. The van der Waals surface area contributed by atoms with E-state index in [1.165, 1.54) is 25.6 Å². The van der Waals surface area contributed by atoms with E-state index in [4.69, 9.17) is 25.8 Å². The molecule has 0 radical (unpaired) electrons. The molecule has 0 saturated heterocycles. The monoisotopic (exact) mass is 499 g/mol. The third kappa shape index (κ3) is 5.00. The summed E-state index contributed by atoms with van der Waals surface area (Å²) in [7, 11) is 3.02. The molecule has 1 N–H and O–H groups in total. The molecule has 0 bridgehead atoms. The van der Waals surface area contributed by atoms with E-state index >= 15 is 0 Å². The quantitative estimate of drug-likeness (QED) is 0.346. The number of rotatable bonds is 8. The fourth-order valence-corrected chi connectivity index (χ4v) is 4.66. The Bertz CT molecular complexity index is 1360. The van der Waals surface area contributed by atoms with Gasteiger partial charge in [0.2, 0.25) is 0 Å². The van der Waals surface area contributed by atoms with Crippen molar-refractivity contribution in [2.75, 3.05) is 26.1 Å². The van der Waals surface area contributed by atoms with Crippen LogP contribution in [0.25, 0.3) is 10.2 Å². The molecule has 1 amide bonds. The summed E-state index contributed by atoms with van der Waals surface area (Å²) in [6, 6.07) is 14.3. The molecule has 176 valence electrons. The number of fused-ring (bicyclic) bond motifs is 1. The fraction of sp³-hybridized carbons (Fsp3) is 0.208. The number of carbonyl (C=O) groups is 2. The van der Waals surface area contributed by atoms with Crippen LogP contribution in [0.3, 0.4) is 0 Å². The van der Waals surface area contributed by atoms with E-state index in [-0.39, 0.29) is 0 Å². The summed E-state index contributed by atoms with van der Waals surface area (Å²) in [6.45, 7) is 1.91. The molecule has 2 heterocycles. The van der Waals surface area contributed by atoms with Crippen LogP contribution in [-0.2, 0) is 16.1 Å². The van der Waals surface area contributed by atoms with E-state index in [0.717, 1.165) is 21.5 Å². The maximum Gasteiger partial charge on any atom is 0.348 e. The first-order valence-electron chi connectivity index (χ1n) is 10.3. The number of hydrogen-bond donors (Lipinski definition) is 1. The molecular formula is C24H22ClN3O5S. The minimum atomic E-state index is -0.586. The van der Waals surface area contributed by atoms with Crippen LogP contribution in [0.1, 0.15) is 20.9 Å². The molecule has 0 aliphatic carbocycles. The average Bonchev–Trinajstić information content (AvgIpc) is 3.40. The number of amides is 1. The van der Waals surface area contributed by atoms with Gasteiger partial charge >= 0.3 is 5.97 Å². The van der Waals surface area contributed by atoms with Gasteiger partial charge in [-0.05, 0) is 36.8 Å². The summed E-state index contributed by atoms with van der Waals surface area (Å²) in [6.07, 6.45) is 0. The maximum atomic E-state index is 12.6. The lowest BCUT2D eigenvalue weighted by atomic mass is 10.2. The zero-order valence-electron chi connectivity index (χ0n) is 18.8. The van der Waals surface area contributed by atoms with Crippen LogP contribution >= 0.6 is 22.9 Å². The van der Waals surface area contributed by atoms with E-state index < -0.39 is 18.5 Å². The number of anilines is 1. The Balaban J connectivity index is 1.44. The van der Waals surface area contributed by atoms with Crippen molar-refractivity contribution in [3.05, 3.63) is 69.7 Å². The molecule has 34 heavy (non-hydrogen) atoms. The summed E-state index contributed by atoms with van der Waals surface area (Å²) >= 11 is 7.55. The molecule has 2 aromatic carbocycles. The lowest BCUT2D eigenvalue weighted by Gasteiger charge is -2.11. The van der Waals surface area contributed by atoms with Crippen LogP contribution in [0.5, 0.6) is 11.5 Å². The van der Waals surface area contributed by atoms with Crippen LogP contribution in [0.2, 0.25) is 5.02 Å². The van der Waals surface area contributed by atoms with Gasteiger partial charge in [0.25, 0.3) is 5.91 Å². The zero-order valence-corrected chi connectivity index (χ0v) is 20.3. The summed E-state index contributed by atoms with van der Waals surface area (Å²) in [5.74, 6) is -0.0668. The number of aromatic nitrogens is 2. The fourth-order valence-electron chi connectivity index (χ4n) is 3.41. The van der Waals surface area contributed by atoms with Crippen molar-refractivity contribution in [2.45, 2.75) is 13.5 Å². The van der Waals surface area contributed by atoms with Crippen LogP contribution in [0.4, 0.5) is 5.69 Å². The molecule has 0 atom stereocenters. The van der Waals surface area contributed by atoms with Crippen LogP contribution in [0.15, 0.2) is 48.5 Å². The number of carbonyl (C=O) groups excluding carboxylic acids is 2. The largest absolute Gasteiger partial charge is 0.497 e. The molecule has 10 heteroatoms. The smallest absolute Gasteiger partial charge is 0.348 e. The molecule has 8 nitrogen and oxygen atoms in total. The number of hydrogen-bond acceptors (Lipinski definition) is 7. The highest BCUT2D eigenvalue weighted by molar-refractivity contribution is 7.20. The molecule has 0 aliphatic heterocycles. The molecule has 0 saturated carbocycles. The van der Waals surface area contributed by atoms with Gasteiger partial charge in [-0.1, -0.05) is 29.8 Å². The molecule has 4 rings (SSSR count). The van der Waals surface area contributed by atoms with Crippen molar-refractivity contribution in [3.63, 3.8) is 0 Å². The Morgan fingerprint density at radius 3 is 2.65 bits per heavy atom. The van der Waals surface area contributed by atoms with Gasteiger partial charge < -0.3 is 19.5 Å². The number of aryl methyl sites for hydroxylation is 1. The summed E-state index contributed by atoms with van der Waals surface area (Å²) < 4.78 is 17.5. The highest BCUT2D eigenvalue weighted by Gasteiger charge is 2.19. The van der Waals surface area contributed by atoms with Gasteiger partial charge in [-0.25, -0.2) is 4.79 Å². The Labute approximate surface area is 205 Å². The molecule has 0 spiro atoms. The zero-order chi connectivity index (χ0) is 24.2. The van der Waals surface area contributed by atoms with Gasteiger partial charge in [-0.2, -0.15) is 5.10 Å². The van der Waals surface area contributed by atoms with E-state index in [0.29, 0.717) is 33.6 Å². The van der Waals surface area contributed by atoms with Gasteiger partial charge in [0.15, 0.2) is 6.61 Å². The van der Waals surface area contributed by atoms with Crippen molar-refractivity contribution >= 4 is 50.7 Å².